The number of nitrogens with two attached hydrogens (primary N) is 1. The largest absolute Gasteiger partial charge is 0.495 e. The summed E-state index contributed by atoms with van der Waals surface area (Å²) in [5.41, 5.74) is 8.44. The van der Waals surface area contributed by atoms with Crippen molar-refractivity contribution in [3.63, 3.8) is 0 Å². The van der Waals surface area contributed by atoms with Crippen molar-refractivity contribution >= 4 is 28.1 Å². The number of hydrogen-bond donors (Lipinski definition) is 2. The number of piperidine rings is 1. The van der Waals surface area contributed by atoms with Gasteiger partial charge in [0.25, 0.3) is 0 Å². The third kappa shape index (κ3) is 9.98. The van der Waals surface area contributed by atoms with Gasteiger partial charge in [-0.25, -0.2) is 0 Å². The Morgan fingerprint density at radius 2 is 1.71 bits per heavy atom. The van der Waals surface area contributed by atoms with Gasteiger partial charge in [-0.3, -0.25) is 14.1 Å². The molecule has 0 unspecified atom stereocenters. The summed E-state index contributed by atoms with van der Waals surface area (Å²) in [5.74, 6) is 6.01. The normalized spacial score (nSPS) is 13.6. The lowest BCUT2D eigenvalue weighted by atomic mass is 10.0. The molecule has 2 heterocycles. The van der Waals surface area contributed by atoms with E-state index in [2.05, 4.69) is 42.8 Å². The van der Waals surface area contributed by atoms with E-state index in [0.717, 1.165) is 4.57 Å². The zero-order chi connectivity index (χ0) is 31.5. The van der Waals surface area contributed by atoms with E-state index in [1.54, 1.807) is 42.5 Å². The van der Waals surface area contributed by atoms with Crippen molar-refractivity contribution in [1.82, 2.24) is 9.47 Å². The molecule has 0 amide bonds. The highest BCUT2D eigenvalue weighted by atomic mass is 19.4. The van der Waals surface area contributed by atoms with Crippen LogP contribution in [0.3, 0.4) is 0 Å². The molecule has 10 heteroatoms. The molecule has 1 aliphatic heterocycles. The molecular formula is C32H42F4N4O2. The number of nitrogens with zero attached hydrogens (tertiary/aromatic N) is 2. The van der Waals surface area contributed by atoms with Crippen molar-refractivity contribution < 1.29 is 27.1 Å². The van der Waals surface area contributed by atoms with Gasteiger partial charge in [0.2, 0.25) is 0 Å². The number of rotatable bonds is 5. The number of methoxy groups -OCH3 is 1. The Kier molecular flexibility index (Phi) is 12.7. The van der Waals surface area contributed by atoms with Crippen molar-refractivity contribution in [2.75, 3.05) is 45.0 Å². The molecule has 0 bridgehead atoms. The Morgan fingerprint density at radius 3 is 2.26 bits per heavy atom. The van der Waals surface area contributed by atoms with Gasteiger partial charge in [-0.05, 0) is 95.9 Å². The first-order valence-corrected chi connectivity index (χ1v) is 13.8. The minimum absolute atomic E-state index is 0.0867. The predicted octanol–water partition coefficient (Wildman–Crippen LogP) is 7.32. The van der Waals surface area contributed by atoms with E-state index >= 15 is 0 Å². The molecule has 2 aromatic carbocycles. The lowest BCUT2D eigenvalue weighted by Gasteiger charge is -2.38. The first-order chi connectivity index (χ1) is 19.8. The first-order valence-electron chi connectivity index (χ1n) is 13.8. The number of carbonyl (C=O) groups is 1. The molecule has 1 aliphatic rings. The number of nitrogen functional groups attached to an aromatic ring is 1. The predicted molar refractivity (Wildman–Crippen MR) is 163 cm³/mol. The lowest BCUT2D eigenvalue weighted by molar-refractivity contribution is -0.140. The third-order valence-corrected chi connectivity index (χ3v) is 6.81. The molecule has 1 aromatic heterocycles. The summed E-state index contributed by atoms with van der Waals surface area (Å²) >= 11 is 0. The van der Waals surface area contributed by atoms with Crippen LogP contribution in [0.1, 0.15) is 63.0 Å². The number of carbonyl (C=O) groups excluding carboxylic acids is 1. The second kappa shape index (κ2) is 15.5. The third-order valence-electron chi connectivity index (χ3n) is 6.81. The monoisotopic (exact) mass is 590 g/mol. The number of Topliss-reactive ketones (excluding diaryl/α,β-unsaturated/α-hetero) is 1. The van der Waals surface area contributed by atoms with Gasteiger partial charge in [-0.15, -0.1) is 0 Å². The van der Waals surface area contributed by atoms with Crippen LogP contribution in [-0.2, 0) is 6.54 Å². The van der Waals surface area contributed by atoms with E-state index in [0.29, 0.717) is 46.3 Å². The van der Waals surface area contributed by atoms with Gasteiger partial charge < -0.3 is 20.4 Å². The molecule has 0 radical (unpaired) electrons. The number of fused-ring (bicyclic) bond motifs is 1. The number of hydrogen-bond acceptors (Lipinski definition) is 5. The molecule has 0 atom stereocenters. The average Bonchev–Trinajstić information content (AvgIpc) is 3.29. The van der Waals surface area contributed by atoms with Crippen LogP contribution in [0.5, 0.6) is 5.75 Å². The topological polar surface area (TPSA) is 72.5 Å². The number of anilines is 2. The van der Waals surface area contributed by atoms with E-state index in [4.69, 9.17) is 10.5 Å². The van der Waals surface area contributed by atoms with Crippen LogP contribution in [0.2, 0.25) is 0 Å². The summed E-state index contributed by atoms with van der Waals surface area (Å²) in [5, 5.41) is 3.58. The van der Waals surface area contributed by atoms with E-state index in [9.17, 15) is 22.4 Å². The van der Waals surface area contributed by atoms with E-state index < -0.39 is 12.7 Å². The summed E-state index contributed by atoms with van der Waals surface area (Å²) in [6, 6.07) is 11.4. The number of alkyl halides is 4. The molecule has 1 fully saturated rings. The Balaban J connectivity index is 0.000000431. The second-order valence-electron chi connectivity index (χ2n) is 10.9. The maximum Gasteiger partial charge on any atom is 0.406 e. The SMILES string of the molecule is CC(C)(C)N1CCCCC1.CF.COc1cc(C(C)=O)ccc1NCC#Cc1cc2c(N)cccc2n1CC(F)(F)F. The highest BCUT2D eigenvalue weighted by Gasteiger charge is 2.29. The minimum atomic E-state index is -4.39. The smallest absolute Gasteiger partial charge is 0.406 e. The summed E-state index contributed by atoms with van der Waals surface area (Å²) in [4.78, 5) is 14.1. The maximum atomic E-state index is 13.1. The summed E-state index contributed by atoms with van der Waals surface area (Å²) < 4.78 is 55.1. The molecule has 3 N–H and O–H groups in total. The van der Waals surface area contributed by atoms with Crippen LogP contribution in [0, 0.1) is 11.8 Å². The van der Waals surface area contributed by atoms with Crippen LogP contribution in [0.4, 0.5) is 28.9 Å². The fourth-order valence-corrected chi connectivity index (χ4v) is 4.66. The summed E-state index contributed by atoms with van der Waals surface area (Å²) in [6.45, 7) is 10.00. The van der Waals surface area contributed by atoms with Crippen molar-refractivity contribution in [2.45, 2.75) is 65.2 Å². The molecule has 6 nitrogen and oxygen atoms in total. The number of ketones is 1. The van der Waals surface area contributed by atoms with Crippen LogP contribution >= 0.6 is 0 Å². The molecule has 0 spiro atoms. The Labute approximate surface area is 246 Å². The summed E-state index contributed by atoms with van der Waals surface area (Å²) in [6.07, 6.45) is -0.155. The molecule has 3 aromatic rings. The number of halogens is 4. The number of nitrogens with one attached hydrogen (secondary N) is 1. The van der Waals surface area contributed by atoms with Gasteiger partial charge >= 0.3 is 6.18 Å². The van der Waals surface area contributed by atoms with E-state index in [-0.39, 0.29) is 18.0 Å². The minimum Gasteiger partial charge on any atom is -0.495 e. The van der Waals surface area contributed by atoms with Gasteiger partial charge in [0.15, 0.2) is 5.78 Å². The van der Waals surface area contributed by atoms with Crippen molar-refractivity contribution in [1.29, 1.82) is 0 Å². The van der Waals surface area contributed by atoms with Crippen LogP contribution < -0.4 is 15.8 Å². The zero-order valence-corrected chi connectivity index (χ0v) is 25.3. The summed E-state index contributed by atoms with van der Waals surface area (Å²) in [7, 11) is 1.98. The Hall–Kier alpha value is -3.71. The highest BCUT2D eigenvalue weighted by molar-refractivity contribution is 5.95. The molecule has 42 heavy (non-hydrogen) atoms. The fraction of sp³-hybridized carbons (Fsp3) is 0.469. The van der Waals surface area contributed by atoms with Crippen molar-refractivity contribution in [2.24, 2.45) is 0 Å². The standard InChI is InChI=1S/C22H20F3N3O2.C9H19N.CH3F/c1-14(29)15-8-9-19(21(11-15)30-2)27-10-4-5-16-12-17-18(26)6-3-7-20(17)28(16)13-22(23,24)25;1-9(2,3)10-7-5-4-6-8-10;1-2/h3,6-9,11-12,27H,10,13,26H2,1-2H3;4-8H2,1-3H3;1H3. The quantitative estimate of drug-likeness (QED) is 0.141. The van der Waals surface area contributed by atoms with Crippen molar-refractivity contribution in [3.8, 4) is 17.6 Å². The molecule has 1 saturated heterocycles. The molecule has 0 saturated carbocycles. The maximum absolute atomic E-state index is 13.1. The zero-order valence-electron chi connectivity index (χ0n) is 25.3. The number of likely N-dealkylation sites (tertiary alicyclic amines) is 1. The van der Waals surface area contributed by atoms with Crippen molar-refractivity contribution in [3.05, 3.63) is 53.7 Å². The second-order valence-corrected chi connectivity index (χ2v) is 10.9. The number of ether oxygens (including phenoxy) is 1. The fourth-order valence-electron chi connectivity index (χ4n) is 4.66. The van der Waals surface area contributed by atoms with Gasteiger partial charge in [0.1, 0.15) is 12.3 Å². The first kappa shape index (κ1) is 34.5. The molecular weight excluding hydrogens is 548 g/mol. The van der Waals surface area contributed by atoms with Gasteiger partial charge in [0, 0.05) is 22.2 Å². The number of benzene rings is 2. The van der Waals surface area contributed by atoms with Gasteiger partial charge in [-0.1, -0.05) is 18.4 Å². The average molecular weight is 591 g/mol. The lowest BCUT2D eigenvalue weighted by Crippen LogP contribution is -2.44. The van der Waals surface area contributed by atoms with E-state index in [1.807, 2.05) is 0 Å². The van der Waals surface area contributed by atoms with E-state index in [1.165, 1.54) is 46.4 Å². The highest BCUT2D eigenvalue weighted by Crippen LogP contribution is 2.29. The van der Waals surface area contributed by atoms with Crippen LogP contribution in [0.15, 0.2) is 42.5 Å². The van der Waals surface area contributed by atoms with Crippen LogP contribution in [-0.4, -0.2) is 60.9 Å². The molecule has 4 rings (SSSR count). The Morgan fingerprint density at radius 1 is 1.05 bits per heavy atom. The Bertz CT molecular complexity index is 1380. The van der Waals surface area contributed by atoms with Crippen LogP contribution in [0.25, 0.3) is 10.9 Å². The van der Waals surface area contributed by atoms with Gasteiger partial charge in [0.05, 0.1) is 37.7 Å². The van der Waals surface area contributed by atoms with Gasteiger partial charge in [-0.2, -0.15) is 13.2 Å². The molecule has 230 valence electrons. The number of aromatic nitrogens is 1. The molecule has 0 aliphatic carbocycles.